The minimum absolute atomic E-state index is 0.905. The molecule has 0 bridgehead atoms. The summed E-state index contributed by atoms with van der Waals surface area (Å²) in [4.78, 5) is 8.91. The van der Waals surface area contributed by atoms with Gasteiger partial charge in [0.05, 0.1) is 12.2 Å². The van der Waals surface area contributed by atoms with Crippen LogP contribution in [0.4, 0.5) is 0 Å². The molecule has 1 aliphatic rings. The maximum atomic E-state index is 4.88. The summed E-state index contributed by atoms with van der Waals surface area (Å²) in [5, 5.41) is 4.87. The lowest BCUT2D eigenvalue weighted by molar-refractivity contribution is 0.185. The van der Waals surface area contributed by atoms with Crippen LogP contribution in [0.1, 0.15) is 62.0 Å². The van der Waals surface area contributed by atoms with Crippen molar-refractivity contribution in [3.63, 3.8) is 0 Å². The van der Waals surface area contributed by atoms with E-state index in [4.69, 9.17) is 4.98 Å². The Labute approximate surface area is 134 Å². The molecule has 0 amide bonds. The van der Waals surface area contributed by atoms with Gasteiger partial charge in [0.1, 0.15) is 5.01 Å². The summed E-state index contributed by atoms with van der Waals surface area (Å²) in [5.74, 6) is 0.905. The lowest BCUT2D eigenvalue weighted by Crippen LogP contribution is -2.32. The van der Waals surface area contributed by atoms with Crippen LogP contribution >= 0.6 is 11.3 Å². The monoisotopic (exact) mass is 309 g/mol. The predicted molar refractivity (Wildman–Crippen MR) is 91.8 cm³/mol. The van der Waals surface area contributed by atoms with E-state index in [9.17, 15) is 0 Å². The first-order valence-electron chi connectivity index (χ1n) is 8.63. The third-order valence-corrected chi connectivity index (χ3v) is 5.47. The third kappa shape index (κ3) is 5.35. The molecule has 0 aliphatic carbocycles. The number of nitrogens with one attached hydrogen (secondary N) is 1. The fraction of sp³-hybridized carbons (Fsp3) is 0.824. The van der Waals surface area contributed by atoms with E-state index < -0.39 is 0 Å². The van der Waals surface area contributed by atoms with Crippen molar-refractivity contribution < 1.29 is 0 Å². The summed E-state index contributed by atoms with van der Waals surface area (Å²) < 4.78 is 0. The molecule has 4 heteroatoms. The van der Waals surface area contributed by atoms with Crippen LogP contribution in [0.3, 0.4) is 0 Å². The van der Waals surface area contributed by atoms with Crippen molar-refractivity contribution in [2.75, 3.05) is 19.6 Å². The van der Waals surface area contributed by atoms with Gasteiger partial charge in [0.25, 0.3) is 0 Å². The second-order valence-corrected chi connectivity index (χ2v) is 7.49. The van der Waals surface area contributed by atoms with Gasteiger partial charge < -0.3 is 5.32 Å². The highest BCUT2D eigenvalue weighted by atomic mass is 32.1. The van der Waals surface area contributed by atoms with Crippen LogP contribution in [-0.2, 0) is 19.5 Å². The molecular formula is C17H31N3S. The Balaban J connectivity index is 1.86. The number of aryl methyl sites for hydroxylation is 1. The molecule has 0 atom stereocenters. The van der Waals surface area contributed by atoms with Crippen LogP contribution in [0, 0.1) is 5.92 Å². The molecule has 2 heterocycles. The maximum Gasteiger partial charge on any atom is 0.107 e. The number of thiazole rings is 1. The molecule has 1 aromatic heterocycles. The van der Waals surface area contributed by atoms with E-state index in [0.717, 1.165) is 32.0 Å². The Morgan fingerprint density at radius 2 is 2.05 bits per heavy atom. The second kappa shape index (κ2) is 8.86. The molecule has 2 rings (SSSR count). The van der Waals surface area contributed by atoms with Gasteiger partial charge in [-0.2, -0.15) is 0 Å². The molecule has 21 heavy (non-hydrogen) atoms. The highest BCUT2D eigenvalue weighted by molar-refractivity contribution is 7.11. The second-order valence-electron chi connectivity index (χ2n) is 6.32. The van der Waals surface area contributed by atoms with Gasteiger partial charge in [-0.15, -0.1) is 11.3 Å². The van der Waals surface area contributed by atoms with E-state index >= 15 is 0 Å². The summed E-state index contributed by atoms with van der Waals surface area (Å²) in [5.41, 5.74) is 1.31. The van der Waals surface area contributed by atoms with Crippen molar-refractivity contribution in [1.82, 2.24) is 15.2 Å². The number of hydrogen-bond acceptors (Lipinski definition) is 4. The van der Waals surface area contributed by atoms with Gasteiger partial charge in [0.2, 0.25) is 0 Å². The third-order valence-electron chi connectivity index (χ3n) is 4.39. The van der Waals surface area contributed by atoms with Crippen LogP contribution in [0.15, 0.2) is 0 Å². The van der Waals surface area contributed by atoms with E-state index in [0.29, 0.717) is 0 Å². The molecule has 3 nitrogen and oxygen atoms in total. The van der Waals surface area contributed by atoms with Crippen molar-refractivity contribution in [3.05, 3.63) is 15.6 Å². The van der Waals surface area contributed by atoms with Crippen LogP contribution < -0.4 is 5.32 Å². The molecule has 0 spiro atoms. The zero-order valence-corrected chi connectivity index (χ0v) is 14.8. The van der Waals surface area contributed by atoms with E-state index in [-0.39, 0.29) is 0 Å². The van der Waals surface area contributed by atoms with Crippen molar-refractivity contribution in [1.29, 1.82) is 0 Å². The minimum atomic E-state index is 0.905. The van der Waals surface area contributed by atoms with E-state index in [1.165, 1.54) is 54.4 Å². The quantitative estimate of drug-likeness (QED) is 0.740. The first-order chi connectivity index (χ1) is 10.2. The Morgan fingerprint density at radius 3 is 2.71 bits per heavy atom. The van der Waals surface area contributed by atoms with Gasteiger partial charge in [-0.1, -0.05) is 27.2 Å². The normalized spacial score (nSPS) is 17.5. The maximum absolute atomic E-state index is 4.88. The summed E-state index contributed by atoms with van der Waals surface area (Å²) in [7, 11) is 0. The average Bonchev–Trinajstić information content (AvgIpc) is 2.88. The smallest absolute Gasteiger partial charge is 0.107 e. The first kappa shape index (κ1) is 16.9. The van der Waals surface area contributed by atoms with E-state index in [1.54, 1.807) is 0 Å². The zero-order chi connectivity index (χ0) is 15.1. The Kier molecular flexibility index (Phi) is 7.14. The van der Waals surface area contributed by atoms with Crippen molar-refractivity contribution in [2.45, 2.75) is 66.0 Å². The highest BCUT2D eigenvalue weighted by Gasteiger charge is 2.18. The van der Waals surface area contributed by atoms with Crippen molar-refractivity contribution >= 4 is 11.3 Å². The lowest BCUT2D eigenvalue weighted by atomic mass is 9.99. The Morgan fingerprint density at radius 1 is 1.29 bits per heavy atom. The lowest BCUT2D eigenvalue weighted by Gasteiger charge is -2.29. The SMILES string of the molecule is CCCCNCc1sc(CN2CCC(C)CC2)nc1CC. The molecule has 1 aromatic rings. The van der Waals surface area contributed by atoms with Gasteiger partial charge in [0, 0.05) is 11.4 Å². The topological polar surface area (TPSA) is 28.2 Å². The van der Waals surface area contributed by atoms with Gasteiger partial charge in [-0.3, -0.25) is 4.90 Å². The van der Waals surface area contributed by atoms with Gasteiger partial charge >= 0.3 is 0 Å². The molecule has 1 aliphatic heterocycles. The molecule has 120 valence electrons. The van der Waals surface area contributed by atoms with Gasteiger partial charge in [-0.25, -0.2) is 4.98 Å². The summed E-state index contributed by atoms with van der Waals surface area (Å²) in [6.07, 6.45) is 6.27. The number of likely N-dealkylation sites (tertiary alicyclic amines) is 1. The number of hydrogen-bond donors (Lipinski definition) is 1. The molecular weight excluding hydrogens is 278 g/mol. The molecule has 0 radical (unpaired) electrons. The number of nitrogens with zero attached hydrogens (tertiary/aromatic N) is 2. The van der Waals surface area contributed by atoms with Gasteiger partial charge in [0.15, 0.2) is 0 Å². The van der Waals surface area contributed by atoms with Crippen molar-refractivity contribution in [3.8, 4) is 0 Å². The molecule has 1 N–H and O–H groups in total. The first-order valence-corrected chi connectivity index (χ1v) is 9.45. The number of piperidine rings is 1. The van der Waals surface area contributed by atoms with Crippen LogP contribution in [0.2, 0.25) is 0 Å². The van der Waals surface area contributed by atoms with Crippen LogP contribution in [0.5, 0.6) is 0 Å². The fourth-order valence-corrected chi connectivity index (χ4v) is 4.00. The van der Waals surface area contributed by atoms with Crippen LogP contribution in [0.25, 0.3) is 0 Å². The Bertz CT molecular complexity index is 408. The number of aromatic nitrogens is 1. The van der Waals surface area contributed by atoms with Gasteiger partial charge in [-0.05, 0) is 51.2 Å². The average molecular weight is 310 g/mol. The molecule has 0 saturated carbocycles. The van der Waals surface area contributed by atoms with E-state index in [2.05, 4.69) is 31.0 Å². The molecule has 0 unspecified atom stereocenters. The summed E-state index contributed by atoms with van der Waals surface area (Å²) in [6.45, 7) is 12.5. The highest BCUT2D eigenvalue weighted by Crippen LogP contribution is 2.23. The minimum Gasteiger partial charge on any atom is -0.312 e. The van der Waals surface area contributed by atoms with Crippen molar-refractivity contribution in [2.24, 2.45) is 5.92 Å². The largest absolute Gasteiger partial charge is 0.312 e. The fourth-order valence-electron chi connectivity index (χ4n) is 2.83. The number of unbranched alkanes of at least 4 members (excludes halogenated alkanes) is 1. The predicted octanol–water partition coefficient (Wildman–Crippen LogP) is 3.83. The number of rotatable bonds is 8. The standard InChI is InChI=1S/C17H31N3S/c1-4-6-9-18-12-16-15(5-2)19-17(21-16)13-20-10-7-14(3)8-11-20/h14,18H,4-13H2,1-3H3. The Hall–Kier alpha value is -0.450. The van der Waals surface area contributed by atoms with E-state index in [1.807, 2.05) is 11.3 Å². The summed E-state index contributed by atoms with van der Waals surface area (Å²) in [6, 6.07) is 0. The van der Waals surface area contributed by atoms with Crippen LogP contribution in [-0.4, -0.2) is 29.5 Å². The molecule has 0 aromatic carbocycles. The molecule has 1 fully saturated rings. The summed E-state index contributed by atoms with van der Waals surface area (Å²) >= 11 is 1.92. The zero-order valence-electron chi connectivity index (χ0n) is 14.0. The molecule has 1 saturated heterocycles.